The third-order valence-electron chi connectivity index (χ3n) is 6.65. The van der Waals surface area contributed by atoms with Crippen LogP contribution in [-0.4, -0.2) is 43.0 Å². The molecule has 1 aliphatic rings. The van der Waals surface area contributed by atoms with Gasteiger partial charge in [-0.15, -0.1) is 10.2 Å². The number of hydrogen-bond acceptors (Lipinski definition) is 6. The maximum Gasteiger partial charge on any atom is 0.251 e. The Morgan fingerprint density at radius 3 is 2.47 bits per heavy atom. The molecule has 4 aromatic rings. The fourth-order valence-electron chi connectivity index (χ4n) is 4.70. The van der Waals surface area contributed by atoms with Gasteiger partial charge in [0.2, 0.25) is 11.7 Å². The summed E-state index contributed by atoms with van der Waals surface area (Å²) in [5, 5.41) is 15.5. The summed E-state index contributed by atoms with van der Waals surface area (Å²) >= 11 is 0. The quantitative estimate of drug-likeness (QED) is 0.382. The number of benzene rings is 2. The van der Waals surface area contributed by atoms with Crippen LogP contribution in [0.25, 0.3) is 11.4 Å². The van der Waals surface area contributed by atoms with Crippen molar-refractivity contribution in [1.29, 1.82) is 0 Å². The molecule has 2 amide bonds. The van der Waals surface area contributed by atoms with Gasteiger partial charge in [0.1, 0.15) is 18.4 Å². The Morgan fingerprint density at radius 2 is 1.76 bits per heavy atom. The lowest BCUT2D eigenvalue weighted by molar-refractivity contribution is -0.127. The van der Waals surface area contributed by atoms with Crippen molar-refractivity contribution in [2.75, 3.05) is 4.90 Å². The standard InChI is InChI=1S/C28H28FN7O2/c1-19-10-12-21(13-11-19)27-32-34-35(33-27)18-25(37)36(24-9-5-4-8-23(24)29)26(20-14-16-30-17-15-20)28(38)31-22-6-2-3-7-22/h4-5,8-17,22,26H,2-3,6-7,18H2,1H3,(H,31,38). The first-order valence-corrected chi connectivity index (χ1v) is 12.6. The van der Waals surface area contributed by atoms with Crippen LogP contribution in [-0.2, 0) is 16.1 Å². The van der Waals surface area contributed by atoms with Crippen molar-refractivity contribution in [3.63, 3.8) is 0 Å². The Balaban J connectivity index is 1.50. The number of aryl methyl sites for hydroxylation is 1. The van der Waals surface area contributed by atoms with Gasteiger partial charge in [0.15, 0.2) is 0 Å². The number of carbonyl (C=O) groups is 2. The first-order valence-electron chi connectivity index (χ1n) is 12.6. The van der Waals surface area contributed by atoms with E-state index in [2.05, 4.69) is 25.7 Å². The minimum Gasteiger partial charge on any atom is -0.351 e. The van der Waals surface area contributed by atoms with E-state index in [0.717, 1.165) is 41.6 Å². The molecule has 10 heteroatoms. The van der Waals surface area contributed by atoms with Crippen LogP contribution >= 0.6 is 0 Å². The molecule has 194 valence electrons. The minimum atomic E-state index is -1.12. The average molecular weight is 514 g/mol. The number of pyridine rings is 1. The van der Waals surface area contributed by atoms with E-state index < -0.39 is 17.8 Å². The number of para-hydroxylation sites is 1. The van der Waals surface area contributed by atoms with Crippen LogP contribution in [0.15, 0.2) is 73.1 Å². The van der Waals surface area contributed by atoms with E-state index in [0.29, 0.717) is 11.4 Å². The minimum absolute atomic E-state index is 0.0125. The smallest absolute Gasteiger partial charge is 0.251 e. The fourth-order valence-corrected chi connectivity index (χ4v) is 4.70. The molecule has 2 heterocycles. The van der Waals surface area contributed by atoms with Crippen molar-refractivity contribution < 1.29 is 14.0 Å². The second-order valence-electron chi connectivity index (χ2n) is 9.40. The molecular formula is C28H28FN7O2. The molecule has 1 saturated carbocycles. The van der Waals surface area contributed by atoms with E-state index in [1.165, 1.54) is 23.1 Å². The summed E-state index contributed by atoms with van der Waals surface area (Å²) in [6, 6.07) is 15.7. The van der Waals surface area contributed by atoms with Crippen molar-refractivity contribution in [2.24, 2.45) is 0 Å². The molecular weight excluding hydrogens is 485 g/mol. The van der Waals surface area contributed by atoms with E-state index in [1.807, 2.05) is 31.2 Å². The first-order chi connectivity index (χ1) is 18.5. The lowest BCUT2D eigenvalue weighted by atomic mass is 10.0. The van der Waals surface area contributed by atoms with E-state index in [4.69, 9.17) is 0 Å². The van der Waals surface area contributed by atoms with Gasteiger partial charge in [-0.3, -0.25) is 19.5 Å². The third kappa shape index (κ3) is 5.59. The number of rotatable bonds is 8. The summed E-state index contributed by atoms with van der Waals surface area (Å²) < 4.78 is 15.2. The monoisotopic (exact) mass is 513 g/mol. The maximum absolute atomic E-state index is 15.2. The van der Waals surface area contributed by atoms with Crippen LogP contribution in [0.2, 0.25) is 0 Å². The Kier molecular flexibility index (Phi) is 7.48. The summed E-state index contributed by atoms with van der Waals surface area (Å²) in [5.41, 5.74) is 2.35. The van der Waals surface area contributed by atoms with Gasteiger partial charge < -0.3 is 5.32 Å². The number of anilines is 1. The third-order valence-corrected chi connectivity index (χ3v) is 6.65. The van der Waals surface area contributed by atoms with Gasteiger partial charge in [-0.1, -0.05) is 54.8 Å². The number of halogens is 1. The summed E-state index contributed by atoms with van der Waals surface area (Å²) in [4.78, 5) is 33.9. The number of nitrogens with one attached hydrogen (secondary N) is 1. The van der Waals surface area contributed by atoms with Crippen LogP contribution in [0.1, 0.15) is 42.9 Å². The molecule has 0 bridgehead atoms. The normalized spacial score (nSPS) is 14.3. The van der Waals surface area contributed by atoms with Crippen molar-refractivity contribution in [1.82, 2.24) is 30.5 Å². The molecule has 9 nitrogen and oxygen atoms in total. The van der Waals surface area contributed by atoms with Gasteiger partial charge >= 0.3 is 0 Å². The highest BCUT2D eigenvalue weighted by Gasteiger charge is 2.36. The number of carbonyl (C=O) groups excluding carboxylic acids is 2. The lowest BCUT2D eigenvalue weighted by Gasteiger charge is -2.32. The van der Waals surface area contributed by atoms with E-state index in [9.17, 15) is 9.59 Å². The second kappa shape index (κ2) is 11.3. The second-order valence-corrected chi connectivity index (χ2v) is 9.40. The van der Waals surface area contributed by atoms with Crippen LogP contribution in [0.3, 0.4) is 0 Å². The van der Waals surface area contributed by atoms with E-state index in [1.54, 1.807) is 30.6 Å². The van der Waals surface area contributed by atoms with Gasteiger partial charge in [-0.25, -0.2) is 4.39 Å². The molecule has 0 saturated heterocycles. The van der Waals surface area contributed by atoms with Crippen molar-refractivity contribution in [3.05, 3.63) is 90.0 Å². The van der Waals surface area contributed by atoms with Gasteiger partial charge in [0, 0.05) is 24.0 Å². The highest BCUT2D eigenvalue weighted by molar-refractivity contribution is 6.01. The van der Waals surface area contributed by atoms with Gasteiger partial charge in [0.05, 0.1) is 5.69 Å². The number of amides is 2. The molecule has 0 aliphatic heterocycles. The molecule has 38 heavy (non-hydrogen) atoms. The molecule has 0 spiro atoms. The fraction of sp³-hybridized carbons (Fsp3) is 0.286. The summed E-state index contributed by atoms with van der Waals surface area (Å²) in [6.07, 6.45) is 6.88. The van der Waals surface area contributed by atoms with E-state index in [-0.39, 0.29) is 24.2 Å². The van der Waals surface area contributed by atoms with Gasteiger partial charge in [-0.2, -0.15) is 4.80 Å². The summed E-state index contributed by atoms with van der Waals surface area (Å²) in [5.74, 6) is -1.21. The van der Waals surface area contributed by atoms with Crippen molar-refractivity contribution >= 4 is 17.5 Å². The average Bonchev–Trinajstić information content (AvgIpc) is 3.61. The molecule has 1 aliphatic carbocycles. The van der Waals surface area contributed by atoms with Gasteiger partial charge in [-0.05, 0) is 54.8 Å². The Hall–Kier alpha value is -4.47. The highest BCUT2D eigenvalue weighted by Crippen LogP contribution is 2.31. The zero-order valence-electron chi connectivity index (χ0n) is 21.0. The van der Waals surface area contributed by atoms with Crippen LogP contribution < -0.4 is 10.2 Å². The SMILES string of the molecule is Cc1ccc(-c2nnn(CC(=O)N(c3ccccc3F)C(C(=O)NC3CCCC3)c3ccncc3)n2)cc1. The van der Waals surface area contributed by atoms with Gasteiger partial charge in [0.25, 0.3) is 5.91 Å². The molecule has 1 fully saturated rings. The number of aromatic nitrogens is 5. The summed E-state index contributed by atoms with van der Waals surface area (Å²) in [7, 11) is 0. The summed E-state index contributed by atoms with van der Waals surface area (Å²) in [6.45, 7) is 1.64. The van der Waals surface area contributed by atoms with Crippen molar-refractivity contribution in [3.8, 4) is 11.4 Å². The molecule has 1 unspecified atom stereocenters. The lowest BCUT2D eigenvalue weighted by Crippen LogP contribution is -2.47. The molecule has 1 N–H and O–H groups in total. The number of tetrazole rings is 1. The van der Waals surface area contributed by atoms with Crippen LogP contribution in [0.5, 0.6) is 0 Å². The molecule has 5 rings (SSSR count). The topological polar surface area (TPSA) is 106 Å². The zero-order chi connectivity index (χ0) is 26.5. The number of nitrogens with zero attached hydrogens (tertiary/aromatic N) is 6. The predicted molar refractivity (Wildman–Crippen MR) is 139 cm³/mol. The Morgan fingerprint density at radius 1 is 1.05 bits per heavy atom. The molecule has 2 aromatic heterocycles. The molecule has 2 aromatic carbocycles. The molecule has 0 radical (unpaired) electrons. The Labute approximate surface area is 219 Å². The predicted octanol–water partition coefficient (Wildman–Crippen LogP) is 4.02. The first kappa shape index (κ1) is 25.2. The van der Waals surface area contributed by atoms with Crippen molar-refractivity contribution in [2.45, 2.75) is 51.2 Å². The largest absolute Gasteiger partial charge is 0.351 e. The highest BCUT2D eigenvalue weighted by atomic mass is 19.1. The number of hydrogen-bond donors (Lipinski definition) is 1. The Bertz CT molecular complexity index is 1400. The zero-order valence-corrected chi connectivity index (χ0v) is 21.0. The van der Waals surface area contributed by atoms with Crippen LogP contribution in [0, 0.1) is 12.7 Å². The van der Waals surface area contributed by atoms with Crippen LogP contribution in [0.4, 0.5) is 10.1 Å². The molecule has 1 atom stereocenters. The maximum atomic E-state index is 15.2. The van der Waals surface area contributed by atoms with E-state index >= 15 is 4.39 Å².